The Hall–Kier alpha value is -3.28. The summed E-state index contributed by atoms with van der Waals surface area (Å²) in [7, 11) is 1.91. The van der Waals surface area contributed by atoms with Crippen LogP contribution in [0.15, 0.2) is 54.9 Å². The predicted molar refractivity (Wildman–Crippen MR) is 96.3 cm³/mol. The van der Waals surface area contributed by atoms with Crippen molar-refractivity contribution < 1.29 is 14.3 Å². The maximum atomic E-state index is 12.9. The molecule has 26 heavy (non-hydrogen) atoms. The van der Waals surface area contributed by atoms with E-state index in [4.69, 9.17) is 9.47 Å². The van der Waals surface area contributed by atoms with Crippen molar-refractivity contribution in [1.82, 2.24) is 14.9 Å². The summed E-state index contributed by atoms with van der Waals surface area (Å²) in [5, 5.41) is 3.09. The third kappa shape index (κ3) is 3.01. The molecule has 4 rings (SSSR count). The second-order valence-corrected chi connectivity index (χ2v) is 6.28. The summed E-state index contributed by atoms with van der Waals surface area (Å²) in [6.45, 7) is 2.21. The molecule has 0 saturated carbocycles. The Morgan fingerprint density at radius 2 is 2.04 bits per heavy atom. The Kier molecular flexibility index (Phi) is 4.08. The van der Waals surface area contributed by atoms with Crippen molar-refractivity contribution in [1.29, 1.82) is 0 Å². The number of aryl methyl sites for hydroxylation is 2. The third-order valence-corrected chi connectivity index (χ3v) is 4.40. The number of nitrogens with zero attached hydrogens (tertiary/aromatic N) is 2. The minimum absolute atomic E-state index is 0.180. The first kappa shape index (κ1) is 16.2. The predicted octanol–water partition coefficient (Wildman–Crippen LogP) is 2.98. The summed E-state index contributed by atoms with van der Waals surface area (Å²) in [5.74, 6) is 1.81. The Morgan fingerprint density at radius 1 is 1.19 bits per heavy atom. The van der Waals surface area contributed by atoms with Gasteiger partial charge in [-0.1, -0.05) is 29.8 Å². The van der Waals surface area contributed by atoms with Gasteiger partial charge in [-0.15, -0.1) is 0 Å². The van der Waals surface area contributed by atoms with Crippen LogP contribution in [0.25, 0.3) is 0 Å². The van der Waals surface area contributed by atoms with Crippen LogP contribution < -0.4 is 14.8 Å². The first-order valence-electron chi connectivity index (χ1n) is 8.36. The number of aromatic nitrogens is 2. The number of carbonyl (C=O) groups excluding carboxylic acids is 1. The molecule has 1 aliphatic heterocycles. The fourth-order valence-corrected chi connectivity index (χ4v) is 3.05. The zero-order valence-corrected chi connectivity index (χ0v) is 14.6. The van der Waals surface area contributed by atoms with Crippen molar-refractivity contribution in [2.24, 2.45) is 7.05 Å². The van der Waals surface area contributed by atoms with Gasteiger partial charge in [0.2, 0.25) is 6.79 Å². The molecule has 0 aliphatic carbocycles. The highest BCUT2D eigenvalue weighted by Gasteiger charge is 2.23. The van der Waals surface area contributed by atoms with E-state index >= 15 is 0 Å². The molecule has 132 valence electrons. The largest absolute Gasteiger partial charge is 0.454 e. The van der Waals surface area contributed by atoms with E-state index in [2.05, 4.69) is 16.4 Å². The highest BCUT2D eigenvalue weighted by Crippen LogP contribution is 2.32. The molecular weight excluding hydrogens is 330 g/mol. The molecule has 2 heterocycles. The highest BCUT2D eigenvalue weighted by atomic mass is 16.7. The Bertz CT molecular complexity index is 964. The number of rotatable bonds is 4. The molecule has 0 saturated heterocycles. The number of hydrogen-bond donors (Lipinski definition) is 1. The number of imidazole rings is 1. The summed E-state index contributed by atoms with van der Waals surface area (Å²) in [6.07, 6.45) is 3.59. The van der Waals surface area contributed by atoms with E-state index in [0.29, 0.717) is 17.1 Å². The molecule has 3 aromatic rings. The quantitative estimate of drug-likeness (QED) is 0.786. The van der Waals surface area contributed by atoms with Crippen molar-refractivity contribution >= 4 is 5.91 Å². The van der Waals surface area contributed by atoms with E-state index in [9.17, 15) is 4.79 Å². The van der Waals surface area contributed by atoms with Gasteiger partial charge < -0.3 is 19.4 Å². The van der Waals surface area contributed by atoms with Gasteiger partial charge in [-0.2, -0.15) is 0 Å². The second kappa shape index (κ2) is 6.55. The van der Waals surface area contributed by atoms with Crippen molar-refractivity contribution in [3.05, 3.63) is 77.4 Å². The molecule has 1 atom stereocenters. The molecule has 1 unspecified atom stereocenters. The molecule has 0 fully saturated rings. The van der Waals surface area contributed by atoms with Gasteiger partial charge in [0.1, 0.15) is 11.9 Å². The number of carbonyl (C=O) groups is 1. The molecular formula is C20H19N3O3. The number of nitrogens with one attached hydrogen (secondary N) is 1. The van der Waals surface area contributed by atoms with Crippen molar-refractivity contribution in [3.8, 4) is 11.5 Å². The standard InChI is InChI=1S/C20H19N3O3/c1-13-4-3-5-14(10-13)18(19-21-8-9-23(19)2)22-20(24)15-6-7-16-17(11-15)26-12-25-16/h3-11,18H,12H2,1-2H3,(H,22,24). The van der Waals surface area contributed by atoms with Crippen molar-refractivity contribution in [2.45, 2.75) is 13.0 Å². The van der Waals surface area contributed by atoms with Crippen LogP contribution >= 0.6 is 0 Å². The normalized spacial score (nSPS) is 13.5. The molecule has 1 N–H and O–H groups in total. The minimum Gasteiger partial charge on any atom is -0.454 e. The summed E-state index contributed by atoms with van der Waals surface area (Å²) >= 11 is 0. The first-order valence-corrected chi connectivity index (χ1v) is 8.36. The molecule has 1 aromatic heterocycles. The summed E-state index contributed by atoms with van der Waals surface area (Å²) in [6, 6.07) is 12.9. The van der Waals surface area contributed by atoms with Crippen LogP contribution in [0.4, 0.5) is 0 Å². The lowest BCUT2D eigenvalue weighted by molar-refractivity contribution is 0.0940. The average Bonchev–Trinajstić information content (AvgIpc) is 3.27. The lowest BCUT2D eigenvalue weighted by Crippen LogP contribution is -2.31. The molecule has 0 spiro atoms. The van der Waals surface area contributed by atoms with Crippen LogP contribution in [0.2, 0.25) is 0 Å². The smallest absolute Gasteiger partial charge is 0.252 e. The average molecular weight is 349 g/mol. The van der Waals surface area contributed by atoms with E-state index < -0.39 is 0 Å². The van der Waals surface area contributed by atoms with E-state index in [1.54, 1.807) is 24.4 Å². The van der Waals surface area contributed by atoms with E-state index in [-0.39, 0.29) is 18.7 Å². The lowest BCUT2D eigenvalue weighted by atomic mass is 10.0. The zero-order chi connectivity index (χ0) is 18.1. The van der Waals surface area contributed by atoms with E-state index in [1.807, 2.05) is 42.9 Å². The van der Waals surface area contributed by atoms with Crippen LogP contribution in [-0.4, -0.2) is 22.3 Å². The van der Waals surface area contributed by atoms with Crippen LogP contribution in [0.5, 0.6) is 11.5 Å². The third-order valence-electron chi connectivity index (χ3n) is 4.40. The molecule has 1 amide bonds. The van der Waals surface area contributed by atoms with Crippen LogP contribution in [0, 0.1) is 6.92 Å². The number of fused-ring (bicyclic) bond motifs is 1. The van der Waals surface area contributed by atoms with Crippen LogP contribution in [-0.2, 0) is 7.05 Å². The van der Waals surface area contributed by atoms with E-state index in [1.165, 1.54) is 0 Å². The lowest BCUT2D eigenvalue weighted by Gasteiger charge is -2.20. The summed E-state index contributed by atoms with van der Waals surface area (Å²) in [4.78, 5) is 17.3. The number of ether oxygens (including phenoxy) is 2. The topological polar surface area (TPSA) is 65.4 Å². The fraction of sp³-hybridized carbons (Fsp3) is 0.200. The van der Waals surface area contributed by atoms with Gasteiger partial charge in [-0.05, 0) is 30.7 Å². The van der Waals surface area contributed by atoms with Gasteiger partial charge in [-0.3, -0.25) is 4.79 Å². The SMILES string of the molecule is Cc1cccc(C(NC(=O)c2ccc3c(c2)OCO3)c2nccn2C)c1. The van der Waals surface area contributed by atoms with Gasteiger partial charge in [-0.25, -0.2) is 4.98 Å². The van der Waals surface area contributed by atoms with Crippen molar-refractivity contribution in [3.63, 3.8) is 0 Å². The monoisotopic (exact) mass is 349 g/mol. The molecule has 6 nitrogen and oxygen atoms in total. The van der Waals surface area contributed by atoms with Gasteiger partial charge in [0.15, 0.2) is 11.5 Å². The second-order valence-electron chi connectivity index (χ2n) is 6.28. The summed E-state index contributed by atoms with van der Waals surface area (Å²) < 4.78 is 12.6. The van der Waals surface area contributed by atoms with Gasteiger partial charge in [0.25, 0.3) is 5.91 Å². The van der Waals surface area contributed by atoms with Crippen LogP contribution in [0.3, 0.4) is 0 Å². The number of amides is 1. The molecule has 0 bridgehead atoms. The van der Waals surface area contributed by atoms with Gasteiger partial charge >= 0.3 is 0 Å². The molecule has 2 aromatic carbocycles. The molecule has 1 aliphatic rings. The molecule has 6 heteroatoms. The number of hydrogen-bond acceptors (Lipinski definition) is 4. The first-order chi connectivity index (χ1) is 12.6. The van der Waals surface area contributed by atoms with E-state index in [0.717, 1.165) is 17.0 Å². The Balaban J connectivity index is 1.66. The Morgan fingerprint density at radius 3 is 2.81 bits per heavy atom. The zero-order valence-electron chi connectivity index (χ0n) is 14.6. The van der Waals surface area contributed by atoms with Gasteiger partial charge in [0.05, 0.1) is 0 Å². The van der Waals surface area contributed by atoms with Crippen molar-refractivity contribution in [2.75, 3.05) is 6.79 Å². The molecule has 0 radical (unpaired) electrons. The fourth-order valence-electron chi connectivity index (χ4n) is 3.05. The maximum absolute atomic E-state index is 12.9. The Labute approximate surface area is 151 Å². The van der Waals surface area contributed by atoms with Crippen LogP contribution in [0.1, 0.15) is 33.4 Å². The summed E-state index contributed by atoms with van der Waals surface area (Å²) in [5.41, 5.74) is 2.62. The highest BCUT2D eigenvalue weighted by molar-refractivity contribution is 5.95. The van der Waals surface area contributed by atoms with Gasteiger partial charge in [0, 0.05) is 25.0 Å². The minimum atomic E-state index is -0.354. The number of benzene rings is 2. The maximum Gasteiger partial charge on any atom is 0.252 e.